The highest BCUT2D eigenvalue weighted by atomic mass is 79.9. The van der Waals surface area contributed by atoms with Gasteiger partial charge in [-0.25, -0.2) is 0 Å². The molecule has 1 atom stereocenters. The van der Waals surface area contributed by atoms with Gasteiger partial charge in [-0.05, 0) is 42.7 Å². The molecule has 0 amide bonds. The number of hydrogen-bond donors (Lipinski definition) is 1. The molecule has 2 aromatic carbocycles. The number of nitrogens with two attached hydrogens (primary N) is 1. The number of nitrogens with zero attached hydrogens (tertiary/aromatic N) is 1. The molecule has 0 fully saturated rings. The molecule has 0 bridgehead atoms. The summed E-state index contributed by atoms with van der Waals surface area (Å²) >= 11 is 3.61. The van der Waals surface area contributed by atoms with Crippen LogP contribution in [0.25, 0.3) is 0 Å². The molecule has 1 aliphatic rings. The molecule has 1 aliphatic heterocycles. The summed E-state index contributed by atoms with van der Waals surface area (Å²) in [6, 6.07) is 15.3. The topological polar surface area (TPSA) is 29.3 Å². The van der Waals surface area contributed by atoms with E-state index < -0.39 is 0 Å². The fraction of sp³-hybridized carbons (Fsp3) is 0.250. The van der Waals surface area contributed by atoms with Crippen molar-refractivity contribution >= 4 is 27.3 Å². The Bertz CT molecular complexity index is 609. The van der Waals surface area contributed by atoms with E-state index in [9.17, 15) is 0 Å². The second-order valence-electron chi connectivity index (χ2n) is 5.16. The largest absolute Gasteiger partial charge is 0.399 e. The Morgan fingerprint density at radius 2 is 2.05 bits per heavy atom. The summed E-state index contributed by atoms with van der Waals surface area (Å²) in [7, 11) is 0. The molecule has 2 nitrogen and oxygen atoms in total. The van der Waals surface area contributed by atoms with Crippen molar-refractivity contribution in [3.05, 3.63) is 58.1 Å². The van der Waals surface area contributed by atoms with E-state index in [1.54, 1.807) is 0 Å². The van der Waals surface area contributed by atoms with Crippen LogP contribution in [0.3, 0.4) is 0 Å². The SMILES string of the molecule is CC1Cc2ccccc2N1Cc1ccc(N)cc1Br. The van der Waals surface area contributed by atoms with E-state index in [0.717, 1.165) is 23.1 Å². The second kappa shape index (κ2) is 4.89. The summed E-state index contributed by atoms with van der Waals surface area (Å²) < 4.78 is 1.09. The van der Waals surface area contributed by atoms with Gasteiger partial charge in [0.25, 0.3) is 0 Å². The number of anilines is 2. The summed E-state index contributed by atoms with van der Waals surface area (Å²) in [6.45, 7) is 3.20. The molecule has 1 unspecified atom stereocenters. The minimum absolute atomic E-state index is 0.543. The lowest BCUT2D eigenvalue weighted by molar-refractivity contribution is 0.671. The first-order chi connectivity index (χ1) is 9.15. The first-order valence-corrected chi connectivity index (χ1v) is 7.33. The van der Waals surface area contributed by atoms with E-state index in [-0.39, 0.29) is 0 Å². The summed E-state index contributed by atoms with van der Waals surface area (Å²) in [6.07, 6.45) is 1.13. The van der Waals surface area contributed by atoms with Crippen LogP contribution in [0.15, 0.2) is 46.9 Å². The summed E-state index contributed by atoms with van der Waals surface area (Å²) in [5.74, 6) is 0. The zero-order valence-corrected chi connectivity index (χ0v) is 12.5. The zero-order valence-electron chi connectivity index (χ0n) is 10.9. The molecular formula is C16H17BrN2. The van der Waals surface area contributed by atoms with Crippen molar-refractivity contribution in [2.24, 2.45) is 0 Å². The van der Waals surface area contributed by atoms with Crippen molar-refractivity contribution in [3.63, 3.8) is 0 Å². The second-order valence-corrected chi connectivity index (χ2v) is 6.01. The van der Waals surface area contributed by atoms with Gasteiger partial charge < -0.3 is 10.6 Å². The summed E-state index contributed by atoms with van der Waals surface area (Å²) in [4.78, 5) is 2.46. The number of rotatable bonds is 2. The molecule has 0 aliphatic carbocycles. The highest BCUT2D eigenvalue weighted by Crippen LogP contribution is 2.34. The van der Waals surface area contributed by atoms with Gasteiger partial charge in [0.1, 0.15) is 0 Å². The van der Waals surface area contributed by atoms with Crippen LogP contribution in [-0.2, 0) is 13.0 Å². The van der Waals surface area contributed by atoms with Gasteiger partial charge in [-0.15, -0.1) is 0 Å². The van der Waals surface area contributed by atoms with Crippen LogP contribution in [0.1, 0.15) is 18.1 Å². The van der Waals surface area contributed by atoms with Gasteiger partial charge in [0.15, 0.2) is 0 Å². The van der Waals surface area contributed by atoms with Gasteiger partial charge in [0.2, 0.25) is 0 Å². The lowest BCUT2D eigenvalue weighted by atomic mass is 10.1. The summed E-state index contributed by atoms with van der Waals surface area (Å²) in [5.41, 5.74) is 10.7. The maximum absolute atomic E-state index is 5.80. The van der Waals surface area contributed by atoms with E-state index >= 15 is 0 Å². The van der Waals surface area contributed by atoms with Crippen LogP contribution >= 0.6 is 15.9 Å². The van der Waals surface area contributed by atoms with Crippen molar-refractivity contribution in [2.75, 3.05) is 10.6 Å². The number of fused-ring (bicyclic) bond motifs is 1. The Morgan fingerprint density at radius 3 is 2.84 bits per heavy atom. The highest BCUT2D eigenvalue weighted by molar-refractivity contribution is 9.10. The first-order valence-electron chi connectivity index (χ1n) is 6.53. The van der Waals surface area contributed by atoms with E-state index in [1.807, 2.05) is 12.1 Å². The third-order valence-corrected chi connectivity index (χ3v) is 4.50. The minimum Gasteiger partial charge on any atom is -0.399 e. The molecule has 1 heterocycles. The Morgan fingerprint density at radius 1 is 1.26 bits per heavy atom. The molecule has 3 heteroatoms. The third-order valence-electron chi connectivity index (χ3n) is 3.77. The van der Waals surface area contributed by atoms with Crippen LogP contribution in [0.4, 0.5) is 11.4 Å². The van der Waals surface area contributed by atoms with Crippen LogP contribution in [-0.4, -0.2) is 6.04 Å². The van der Waals surface area contributed by atoms with E-state index in [4.69, 9.17) is 5.73 Å². The molecule has 0 spiro atoms. The average molecular weight is 317 g/mol. The van der Waals surface area contributed by atoms with Gasteiger partial charge >= 0.3 is 0 Å². The Hall–Kier alpha value is -1.48. The molecule has 0 radical (unpaired) electrons. The first kappa shape index (κ1) is 12.5. The quantitative estimate of drug-likeness (QED) is 0.849. The van der Waals surface area contributed by atoms with Gasteiger partial charge in [-0.1, -0.05) is 40.2 Å². The number of benzene rings is 2. The van der Waals surface area contributed by atoms with Crippen molar-refractivity contribution in [2.45, 2.75) is 25.9 Å². The minimum atomic E-state index is 0.543. The van der Waals surface area contributed by atoms with Crippen LogP contribution in [0.5, 0.6) is 0 Å². The lowest BCUT2D eigenvalue weighted by Gasteiger charge is -2.25. The third kappa shape index (κ3) is 2.35. The highest BCUT2D eigenvalue weighted by Gasteiger charge is 2.25. The van der Waals surface area contributed by atoms with Crippen LogP contribution in [0.2, 0.25) is 0 Å². The Kier molecular flexibility index (Phi) is 3.23. The summed E-state index contributed by atoms with van der Waals surface area (Å²) in [5, 5.41) is 0. The molecule has 2 aromatic rings. The molecule has 0 aromatic heterocycles. The van der Waals surface area contributed by atoms with Crippen molar-refractivity contribution < 1.29 is 0 Å². The molecule has 0 saturated heterocycles. The van der Waals surface area contributed by atoms with Gasteiger partial charge in [-0.3, -0.25) is 0 Å². The van der Waals surface area contributed by atoms with Crippen LogP contribution < -0.4 is 10.6 Å². The van der Waals surface area contributed by atoms with Crippen molar-refractivity contribution in [1.29, 1.82) is 0 Å². The predicted molar refractivity (Wildman–Crippen MR) is 84.3 cm³/mol. The van der Waals surface area contributed by atoms with Gasteiger partial charge in [0, 0.05) is 28.4 Å². The average Bonchev–Trinajstić information content (AvgIpc) is 2.69. The van der Waals surface area contributed by atoms with Crippen molar-refractivity contribution in [1.82, 2.24) is 0 Å². The molecule has 3 rings (SSSR count). The molecule has 98 valence electrons. The zero-order chi connectivity index (χ0) is 13.4. The molecular weight excluding hydrogens is 300 g/mol. The Balaban J connectivity index is 1.91. The van der Waals surface area contributed by atoms with Gasteiger partial charge in [0.05, 0.1) is 0 Å². The molecule has 2 N–H and O–H groups in total. The van der Waals surface area contributed by atoms with E-state index in [2.05, 4.69) is 58.1 Å². The number of hydrogen-bond acceptors (Lipinski definition) is 2. The van der Waals surface area contributed by atoms with E-state index in [0.29, 0.717) is 6.04 Å². The maximum atomic E-state index is 5.80. The maximum Gasteiger partial charge on any atom is 0.0443 e. The lowest BCUT2D eigenvalue weighted by Crippen LogP contribution is -2.28. The normalized spacial score (nSPS) is 17.6. The molecule has 19 heavy (non-hydrogen) atoms. The number of para-hydroxylation sites is 1. The standard InChI is InChI=1S/C16H17BrN2/c1-11-8-12-4-2-3-5-16(12)19(11)10-13-6-7-14(18)9-15(13)17/h2-7,9,11H,8,10,18H2,1H3. The fourth-order valence-corrected chi connectivity index (χ4v) is 3.27. The number of nitrogen functional groups attached to an aromatic ring is 1. The van der Waals surface area contributed by atoms with E-state index in [1.165, 1.54) is 16.8 Å². The predicted octanol–water partition coefficient (Wildman–Crippen LogP) is 3.98. The van der Waals surface area contributed by atoms with Gasteiger partial charge in [-0.2, -0.15) is 0 Å². The fourth-order valence-electron chi connectivity index (χ4n) is 2.75. The van der Waals surface area contributed by atoms with Crippen LogP contribution in [0, 0.1) is 0 Å². The number of halogens is 1. The smallest absolute Gasteiger partial charge is 0.0443 e. The Labute approximate surface area is 122 Å². The monoisotopic (exact) mass is 316 g/mol. The van der Waals surface area contributed by atoms with Crippen molar-refractivity contribution in [3.8, 4) is 0 Å². The molecule has 0 saturated carbocycles.